The van der Waals surface area contributed by atoms with Gasteiger partial charge < -0.3 is 10.2 Å². The van der Waals surface area contributed by atoms with Crippen LogP contribution in [0.4, 0.5) is 0 Å². The maximum Gasteiger partial charge on any atom is 0.00967 e. The van der Waals surface area contributed by atoms with Crippen LogP contribution in [0.5, 0.6) is 0 Å². The van der Waals surface area contributed by atoms with E-state index in [2.05, 4.69) is 37.9 Å². The molecule has 1 aliphatic carbocycles. The highest BCUT2D eigenvalue weighted by Gasteiger charge is 2.36. The third-order valence-electron chi connectivity index (χ3n) is 5.14. The van der Waals surface area contributed by atoms with Crippen LogP contribution in [-0.4, -0.2) is 36.1 Å². The van der Waals surface area contributed by atoms with Gasteiger partial charge in [-0.1, -0.05) is 19.3 Å². The van der Waals surface area contributed by atoms with E-state index in [4.69, 9.17) is 0 Å². The second kappa shape index (κ2) is 6.13. The van der Waals surface area contributed by atoms with Gasteiger partial charge in [0, 0.05) is 24.7 Å². The molecule has 0 radical (unpaired) electrons. The van der Waals surface area contributed by atoms with Gasteiger partial charge in [-0.05, 0) is 65.3 Å². The van der Waals surface area contributed by atoms with E-state index in [1.54, 1.807) is 0 Å². The fourth-order valence-electron chi connectivity index (χ4n) is 3.80. The second-order valence-corrected chi connectivity index (χ2v) is 8.13. The van der Waals surface area contributed by atoms with E-state index in [1.165, 1.54) is 64.6 Å². The Kier molecular flexibility index (Phi) is 4.94. The Balaban J connectivity index is 1.97. The smallest absolute Gasteiger partial charge is 0.00967 e. The first-order chi connectivity index (χ1) is 8.90. The molecule has 2 rings (SSSR count). The molecule has 2 aliphatic rings. The molecule has 0 spiro atoms. The van der Waals surface area contributed by atoms with Crippen LogP contribution in [-0.2, 0) is 0 Å². The van der Waals surface area contributed by atoms with E-state index in [1.807, 2.05) is 0 Å². The second-order valence-electron chi connectivity index (χ2n) is 8.13. The first kappa shape index (κ1) is 15.3. The molecule has 2 nitrogen and oxygen atoms in total. The van der Waals surface area contributed by atoms with E-state index in [-0.39, 0.29) is 5.54 Å². The average Bonchev–Trinajstić information content (AvgIpc) is 2.73. The van der Waals surface area contributed by atoms with Crippen molar-refractivity contribution < 1.29 is 0 Å². The number of nitrogens with one attached hydrogen (secondary N) is 1. The van der Waals surface area contributed by atoms with Crippen molar-refractivity contribution in [2.24, 2.45) is 5.41 Å². The summed E-state index contributed by atoms with van der Waals surface area (Å²) >= 11 is 0. The first-order valence-corrected chi connectivity index (χ1v) is 8.39. The van der Waals surface area contributed by atoms with Gasteiger partial charge in [-0.2, -0.15) is 0 Å². The molecule has 0 aromatic rings. The Morgan fingerprint density at radius 1 is 1.11 bits per heavy atom. The number of rotatable bonds is 4. The molecular weight excluding hydrogens is 232 g/mol. The highest BCUT2D eigenvalue weighted by Crippen LogP contribution is 2.38. The van der Waals surface area contributed by atoms with Gasteiger partial charge in [0.1, 0.15) is 0 Å². The monoisotopic (exact) mass is 266 g/mol. The van der Waals surface area contributed by atoms with Crippen molar-refractivity contribution in [3.05, 3.63) is 0 Å². The summed E-state index contributed by atoms with van der Waals surface area (Å²) in [6, 6.07) is 0.813. The third kappa shape index (κ3) is 4.46. The van der Waals surface area contributed by atoms with E-state index in [0.717, 1.165) is 6.04 Å². The highest BCUT2D eigenvalue weighted by atomic mass is 15.2. The molecule has 1 N–H and O–H groups in total. The van der Waals surface area contributed by atoms with E-state index in [9.17, 15) is 0 Å². The molecule has 0 aromatic carbocycles. The zero-order valence-corrected chi connectivity index (χ0v) is 13.6. The molecule has 1 atom stereocenters. The van der Waals surface area contributed by atoms with Crippen molar-refractivity contribution >= 4 is 0 Å². The molecule has 0 bridgehead atoms. The van der Waals surface area contributed by atoms with Gasteiger partial charge in [-0.15, -0.1) is 0 Å². The Morgan fingerprint density at radius 3 is 2.32 bits per heavy atom. The first-order valence-electron chi connectivity index (χ1n) is 8.39. The maximum absolute atomic E-state index is 3.79. The molecular formula is C17H34N2. The molecule has 19 heavy (non-hydrogen) atoms. The van der Waals surface area contributed by atoms with Crippen LogP contribution >= 0.6 is 0 Å². The van der Waals surface area contributed by atoms with Crippen molar-refractivity contribution in [3.8, 4) is 0 Å². The zero-order valence-electron chi connectivity index (χ0n) is 13.6. The molecule has 1 saturated carbocycles. The van der Waals surface area contributed by atoms with Gasteiger partial charge in [-0.25, -0.2) is 0 Å². The minimum absolute atomic E-state index is 0.251. The van der Waals surface area contributed by atoms with E-state index >= 15 is 0 Å². The SMILES string of the molecule is CC1CCCN1CC1(CNC(C)(C)C)CCCCC1. The molecule has 112 valence electrons. The highest BCUT2D eigenvalue weighted by molar-refractivity contribution is 4.92. The summed E-state index contributed by atoms with van der Waals surface area (Å²) < 4.78 is 0. The molecule has 1 unspecified atom stereocenters. The van der Waals surface area contributed by atoms with Crippen LogP contribution in [0.2, 0.25) is 0 Å². The quantitative estimate of drug-likeness (QED) is 0.832. The molecule has 2 fully saturated rings. The molecule has 1 aliphatic heterocycles. The Bertz CT molecular complexity index is 273. The van der Waals surface area contributed by atoms with Gasteiger partial charge in [0.25, 0.3) is 0 Å². The summed E-state index contributed by atoms with van der Waals surface area (Å²) in [7, 11) is 0. The molecule has 2 heteroatoms. The number of nitrogens with zero attached hydrogens (tertiary/aromatic N) is 1. The summed E-state index contributed by atoms with van der Waals surface area (Å²) in [5.74, 6) is 0. The van der Waals surface area contributed by atoms with Crippen molar-refractivity contribution in [1.29, 1.82) is 0 Å². The van der Waals surface area contributed by atoms with Gasteiger partial charge in [0.2, 0.25) is 0 Å². The summed E-state index contributed by atoms with van der Waals surface area (Å²) in [4.78, 5) is 2.76. The lowest BCUT2D eigenvalue weighted by Crippen LogP contribution is -2.50. The molecule has 0 aromatic heterocycles. The lowest BCUT2D eigenvalue weighted by Gasteiger charge is -2.43. The molecule has 1 heterocycles. The van der Waals surface area contributed by atoms with Crippen LogP contribution in [0.25, 0.3) is 0 Å². The van der Waals surface area contributed by atoms with Crippen LogP contribution in [0, 0.1) is 5.41 Å². The Hall–Kier alpha value is -0.0800. The minimum Gasteiger partial charge on any atom is -0.311 e. The third-order valence-corrected chi connectivity index (χ3v) is 5.14. The van der Waals surface area contributed by atoms with Gasteiger partial charge in [0.15, 0.2) is 0 Å². The van der Waals surface area contributed by atoms with Crippen molar-refractivity contribution in [1.82, 2.24) is 10.2 Å². The Labute approximate surface area is 120 Å². The number of likely N-dealkylation sites (tertiary alicyclic amines) is 1. The standard InChI is InChI=1S/C17H34N2/c1-15-9-8-12-19(15)14-17(10-6-5-7-11-17)13-18-16(2,3)4/h15,18H,5-14H2,1-4H3. The van der Waals surface area contributed by atoms with Crippen molar-refractivity contribution in [2.75, 3.05) is 19.6 Å². The van der Waals surface area contributed by atoms with Crippen LogP contribution < -0.4 is 5.32 Å². The van der Waals surface area contributed by atoms with Gasteiger partial charge >= 0.3 is 0 Å². The van der Waals surface area contributed by atoms with E-state index < -0.39 is 0 Å². The maximum atomic E-state index is 3.79. The molecule has 0 amide bonds. The molecule has 1 saturated heterocycles. The predicted molar refractivity (Wildman–Crippen MR) is 83.5 cm³/mol. The topological polar surface area (TPSA) is 15.3 Å². The fraction of sp³-hybridized carbons (Fsp3) is 1.00. The van der Waals surface area contributed by atoms with Gasteiger partial charge in [-0.3, -0.25) is 0 Å². The lowest BCUT2D eigenvalue weighted by atomic mass is 9.73. The van der Waals surface area contributed by atoms with Crippen LogP contribution in [0.1, 0.15) is 72.6 Å². The van der Waals surface area contributed by atoms with E-state index in [0.29, 0.717) is 5.41 Å². The van der Waals surface area contributed by atoms with Crippen molar-refractivity contribution in [2.45, 2.75) is 84.2 Å². The number of hydrogen-bond acceptors (Lipinski definition) is 2. The van der Waals surface area contributed by atoms with Gasteiger partial charge in [0.05, 0.1) is 0 Å². The zero-order chi connectivity index (χ0) is 13.9. The van der Waals surface area contributed by atoms with Crippen molar-refractivity contribution in [3.63, 3.8) is 0 Å². The van der Waals surface area contributed by atoms with Crippen LogP contribution in [0.3, 0.4) is 0 Å². The largest absolute Gasteiger partial charge is 0.311 e. The summed E-state index contributed by atoms with van der Waals surface area (Å²) in [6.07, 6.45) is 10.0. The fourth-order valence-corrected chi connectivity index (χ4v) is 3.80. The Morgan fingerprint density at radius 2 is 1.79 bits per heavy atom. The predicted octanol–water partition coefficient (Wildman–Crippen LogP) is 3.81. The number of hydrogen-bond donors (Lipinski definition) is 1. The summed E-state index contributed by atoms with van der Waals surface area (Å²) in [5.41, 5.74) is 0.797. The minimum atomic E-state index is 0.251. The summed E-state index contributed by atoms with van der Waals surface area (Å²) in [6.45, 7) is 13.2. The van der Waals surface area contributed by atoms with Crippen LogP contribution in [0.15, 0.2) is 0 Å². The average molecular weight is 266 g/mol. The normalized spacial score (nSPS) is 28.7. The lowest BCUT2D eigenvalue weighted by molar-refractivity contribution is 0.0916. The summed E-state index contributed by atoms with van der Waals surface area (Å²) in [5, 5.41) is 3.79.